The lowest BCUT2D eigenvalue weighted by atomic mass is 9.67. The summed E-state index contributed by atoms with van der Waals surface area (Å²) >= 11 is 0. The largest absolute Gasteiger partial charge is 0.347 e. The summed E-state index contributed by atoms with van der Waals surface area (Å²) in [6.45, 7) is 1.92. The van der Waals surface area contributed by atoms with Gasteiger partial charge in [-0.05, 0) is 50.3 Å². The Morgan fingerprint density at radius 3 is 2.33 bits per heavy atom. The number of carbonyl (C=O) groups is 1. The Morgan fingerprint density at radius 2 is 1.74 bits per heavy atom. The van der Waals surface area contributed by atoms with Crippen LogP contribution in [0.25, 0.3) is 0 Å². The number of piperidine rings is 2. The van der Waals surface area contributed by atoms with Gasteiger partial charge in [0.25, 0.3) is 0 Å². The fraction of sp³-hybridized carbons (Fsp3) is 0.650. The summed E-state index contributed by atoms with van der Waals surface area (Å²) in [5.41, 5.74) is 0.698. The molecule has 0 aliphatic carbocycles. The molecule has 6 nitrogen and oxygen atoms in total. The molecule has 7 heteroatoms. The van der Waals surface area contributed by atoms with Crippen LogP contribution in [0.5, 0.6) is 0 Å². The van der Waals surface area contributed by atoms with Crippen molar-refractivity contribution < 1.29 is 13.2 Å². The van der Waals surface area contributed by atoms with E-state index in [1.807, 2.05) is 37.4 Å². The minimum atomic E-state index is -3.33. The first-order valence-corrected chi connectivity index (χ1v) is 11.3. The molecular weight excluding hydrogens is 362 g/mol. The van der Waals surface area contributed by atoms with Gasteiger partial charge < -0.3 is 4.90 Å². The molecule has 1 atom stereocenters. The molecule has 1 aromatic carbocycles. The van der Waals surface area contributed by atoms with E-state index in [1.165, 1.54) is 0 Å². The van der Waals surface area contributed by atoms with E-state index in [4.69, 9.17) is 0 Å². The van der Waals surface area contributed by atoms with Crippen LogP contribution < -0.4 is 0 Å². The predicted molar refractivity (Wildman–Crippen MR) is 107 cm³/mol. The quantitative estimate of drug-likeness (QED) is 0.782. The van der Waals surface area contributed by atoms with Gasteiger partial charge in [0.1, 0.15) is 0 Å². The lowest BCUT2D eigenvalue weighted by Gasteiger charge is -2.52. The van der Waals surface area contributed by atoms with Gasteiger partial charge in [-0.1, -0.05) is 30.3 Å². The minimum Gasteiger partial charge on any atom is -0.347 e. The number of hydrogen-bond acceptors (Lipinski definition) is 4. The number of likely N-dealkylation sites (N-methyl/N-ethyl adjacent to an activating group) is 2. The predicted octanol–water partition coefficient (Wildman–Crippen LogP) is 1.78. The van der Waals surface area contributed by atoms with E-state index in [2.05, 4.69) is 4.90 Å². The molecule has 2 fully saturated rings. The molecule has 3 rings (SSSR count). The van der Waals surface area contributed by atoms with Crippen molar-refractivity contribution in [3.05, 3.63) is 35.9 Å². The van der Waals surface area contributed by atoms with Gasteiger partial charge in [-0.2, -0.15) is 0 Å². The molecule has 0 saturated carbocycles. The number of rotatable bonds is 4. The van der Waals surface area contributed by atoms with E-state index in [9.17, 15) is 13.2 Å². The lowest BCUT2D eigenvalue weighted by molar-refractivity contribution is -0.143. The highest BCUT2D eigenvalue weighted by Gasteiger charge is 2.50. The molecule has 27 heavy (non-hydrogen) atoms. The molecule has 0 bridgehead atoms. The number of amides is 1. The van der Waals surface area contributed by atoms with Gasteiger partial charge >= 0.3 is 0 Å². The third kappa shape index (κ3) is 4.20. The molecular formula is C20H31N3O3S. The zero-order valence-electron chi connectivity index (χ0n) is 16.6. The summed E-state index contributed by atoms with van der Waals surface area (Å²) < 4.78 is 27.3. The SMILES string of the molecule is CN(C)C(=O)C1N(C)CCCC12CCN(S(=O)(=O)Cc1ccccc1)CC2. The van der Waals surface area contributed by atoms with Crippen LogP contribution in [0, 0.1) is 5.41 Å². The number of hydrogen-bond donors (Lipinski definition) is 0. The molecule has 1 amide bonds. The summed E-state index contributed by atoms with van der Waals surface area (Å²) in [6.07, 6.45) is 3.55. The van der Waals surface area contributed by atoms with Crippen molar-refractivity contribution in [2.75, 3.05) is 40.8 Å². The zero-order valence-corrected chi connectivity index (χ0v) is 17.4. The van der Waals surface area contributed by atoms with Crippen molar-refractivity contribution in [1.82, 2.24) is 14.1 Å². The highest BCUT2D eigenvalue weighted by molar-refractivity contribution is 7.88. The Hall–Kier alpha value is -1.44. The first-order chi connectivity index (χ1) is 12.8. The molecule has 2 aliphatic rings. The molecule has 0 N–H and O–H groups in total. The van der Waals surface area contributed by atoms with Crippen molar-refractivity contribution in [2.45, 2.75) is 37.5 Å². The summed E-state index contributed by atoms with van der Waals surface area (Å²) in [5.74, 6) is 0.179. The van der Waals surface area contributed by atoms with E-state index >= 15 is 0 Å². The molecule has 150 valence electrons. The maximum absolute atomic E-state index is 12.9. The van der Waals surface area contributed by atoms with E-state index in [0.29, 0.717) is 13.1 Å². The zero-order chi connectivity index (χ0) is 19.7. The lowest BCUT2D eigenvalue weighted by Crippen LogP contribution is -2.61. The molecule has 2 saturated heterocycles. The fourth-order valence-electron chi connectivity index (χ4n) is 4.72. The van der Waals surface area contributed by atoms with E-state index in [0.717, 1.165) is 37.8 Å². The number of nitrogens with zero attached hydrogens (tertiary/aromatic N) is 3. The summed E-state index contributed by atoms with van der Waals surface area (Å²) in [7, 11) is 2.29. The first-order valence-electron chi connectivity index (χ1n) is 9.68. The molecule has 0 radical (unpaired) electrons. The van der Waals surface area contributed by atoms with Crippen molar-refractivity contribution in [2.24, 2.45) is 5.41 Å². The topological polar surface area (TPSA) is 60.9 Å². The van der Waals surface area contributed by atoms with Crippen LogP contribution in [0.4, 0.5) is 0 Å². The van der Waals surface area contributed by atoms with Gasteiger partial charge in [-0.3, -0.25) is 9.69 Å². The standard InChI is InChI=1S/C20H31N3O3S/c1-21(2)19(24)18-20(10-7-13-22(18)3)11-14-23(15-12-20)27(25,26)16-17-8-5-4-6-9-17/h4-6,8-9,18H,7,10-16H2,1-3H3. The number of carbonyl (C=O) groups excluding carboxylic acids is 1. The normalized spacial score (nSPS) is 24.0. The molecule has 2 heterocycles. The van der Waals surface area contributed by atoms with E-state index in [-0.39, 0.29) is 23.1 Å². The maximum Gasteiger partial charge on any atom is 0.239 e. The van der Waals surface area contributed by atoms with Crippen LogP contribution in [-0.2, 0) is 20.6 Å². The Bertz CT molecular complexity index is 756. The van der Waals surface area contributed by atoms with Crippen LogP contribution in [0.3, 0.4) is 0 Å². The van der Waals surface area contributed by atoms with Crippen LogP contribution >= 0.6 is 0 Å². The van der Waals surface area contributed by atoms with E-state index in [1.54, 1.807) is 23.3 Å². The van der Waals surface area contributed by atoms with Gasteiger partial charge in [0.2, 0.25) is 15.9 Å². The van der Waals surface area contributed by atoms with E-state index < -0.39 is 10.0 Å². The monoisotopic (exact) mass is 393 g/mol. The molecule has 0 aromatic heterocycles. The highest BCUT2D eigenvalue weighted by atomic mass is 32.2. The Labute approximate surface area is 163 Å². The first kappa shape index (κ1) is 20.3. The van der Waals surface area contributed by atoms with Gasteiger partial charge in [0.15, 0.2) is 0 Å². The Balaban J connectivity index is 1.73. The second-order valence-corrected chi connectivity index (χ2v) is 10.2. The molecule has 2 aliphatic heterocycles. The summed E-state index contributed by atoms with van der Waals surface area (Å²) in [5, 5.41) is 0. The maximum atomic E-state index is 12.9. The minimum absolute atomic E-state index is 0.0425. The van der Waals surface area contributed by atoms with Crippen molar-refractivity contribution >= 4 is 15.9 Å². The number of likely N-dealkylation sites (tertiary alicyclic amines) is 1. The fourth-order valence-corrected chi connectivity index (χ4v) is 6.25. The van der Waals surface area contributed by atoms with Gasteiger partial charge in [0, 0.05) is 27.2 Å². The Kier molecular flexibility index (Phi) is 5.93. The van der Waals surface area contributed by atoms with Crippen LogP contribution in [-0.4, -0.2) is 75.2 Å². The second kappa shape index (κ2) is 7.89. The van der Waals surface area contributed by atoms with Crippen LogP contribution in [0.15, 0.2) is 30.3 Å². The second-order valence-electron chi connectivity index (χ2n) is 8.22. The highest BCUT2D eigenvalue weighted by Crippen LogP contribution is 2.45. The smallest absolute Gasteiger partial charge is 0.239 e. The number of sulfonamides is 1. The van der Waals surface area contributed by atoms with Crippen LogP contribution in [0.1, 0.15) is 31.2 Å². The van der Waals surface area contributed by atoms with Gasteiger partial charge in [-0.25, -0.2) is 12.7 Å². The molecule has 1 spiro atoms. The van der Waals surface area contributed by atoms with Crippen molar-refractivity contribution in [3.63, 3.8) is 0 Å². The molecule has 1 unspecified atom stereocenters. The molecule has 1 aromatic rings. The third-order valence-electron chi connectivity index (χ3n) is 6.18. The summed E-state index contributed by atoms with van der Waals surface area (Å²) in [4.78, 5) is 16.7. The average molecular weight is 394 g/mol. The van der Waals surface area contributed by atoms with Crippen LogP contribution in [0.2, 0.25) is 0 Å². The average Bonchev–Trinajstić information content (AvgIpc) is 2.62. The van der Waals surface area contributed by atoms with Crippen molar-refractivity contribution in [3.8, 4) is 0 Å². The Morgan fingerprint density at radius 1 is 1.11 bits per heavy atom. The van der Waals surface area contributed by atoms with Gasteiger partial charge in [0.05, 0.1) is 11.8 Å². The third-order valence-corrected chi connectivity index (χ3v) is 8.03. The summed E-state index contributed by atoms with van der Waals surface area (Å²) in [6, 6.07) is 9.18. The van der Waals surface area contributed by atoms with Crippen molar-refractivity contribution in [1.29, 1.82) is 0 Å². The van der Waals surface area contributed by atoms with Gasteiger partial charge in [-0.15, -0.1) is 0 Å². The number of benzene rings is 1.